The predicted octanol–water partition coefficient (Wildman–Crippen LogP) is 4.29. The van der Waals surface area contributed by atoms with Gasteiger partial charge in [-0.25, -0.2) is 0 Å². The first-order valence-electron chi connectivity index (χ1n) is 6.96. The molecule has 0 heterocycles. The maximum Gasteiger partial charge on any atom is 0.244 e. The molecule has 0 aliphatic heterocycles. The van der Waals surface area contributed by atoms with Gasteiger partial charge in [0.2, 0.25) is 11.8 Å². The van der Waals surface area contributed by atoms with Crippen LogP contribution >= 0.6 is 23.2 Å². The fraction of sp³-hybridized carbons (Fsp3) is 0.176. The van der Waals surface area contributed by atoms with Gasteiger partial charge in [-0.2, -0.15) is 0 Å². The zero-order chi connectivity index (χ0) is 17.0. The molecule has 0 unspecified atom stereocenters. The van der Waals surface area contributed by atoms with Gasteiger partial charge in [-0.3, -0.25) is 9.59 Å². The molecule has 2 aromatic carbocycles. The van der Waals surface area contributed by atoms with E-state index in [-0.39, 0.29) is 18.4 Å². The number of nitrogens with one attached hydrogen (secondary N) is 1. The molecule has 0 saturated heterocycles. The van der Waals surface area contributed by atoms with Crippen LogP contribution in [-0.2, 0) is 9.59 Å². The van der Waals surface area contributed by atoms with Crippen LogP contribution < -0.4 is 10.2 Å². The topological polar surface area (TPSA) is 49.4 Å². The number of para-hydroxylation sites is 1. The lowest BCUT2D eigenvalue weighted by atomic mass is 10.2. The fourth-order valence-electron chi connectivity index (χ4n) is 2.20. The smallest absolute Gasteiger partial charge is 0.244 e. The van der Waals surface area contributed by atoms with E-state index in [9.17, 15) is 9.59 Å². The van der Waals surface area contributed by atoms with Gasteiger partial charge in [0.05, 0.1) is 0 Å². The van der Waals surface area contributed by atoms with Crippen LogP contribution in [0.2, 0.25) is 10.0 Å². The largest absolute Gasteiger partial charge is 0.324 e. The maximum atomic E-state index is 12.2. The molecule has 0 atom stereocenters. The van der Waals surface area contributed by atoms with Crippen LogP contribution in [-0.4, -0.2) is 18.4 Å². The fourth-order valence-corrected chi connectivity index (χ4v) is 2.73. The molecular formula is C17H16Cl2N2O2. The highest BCUT2D eigenvalue weighted by Gasteiger charge is 2.17. The van der Waals surface area contributed by atoms with Crippen molar-refractivity contribution in [1.82, 2.24) is 0 Å². The molecule has 1 N–H and O–H groups in total. The van der Waals surface area contributed by atoms with E-state index in [1.165, 1.54) is 11.8 Å². The number of amides is 2. The van der Waals surface area contributed by atoms with E-state index in [0.717, 1.165) is 5.56 Å². The van der Waals surface area contributed by atoms with Gasteiger partial charge in [-0.05, 0) is 36.8 Å². The number of nitrogens with zero attached hydrogens (tertiary/aromatic N) is 1. The average Bonchev–Trinajstić information content (AvgIpc) is 2.44. The summed E-state index contributed by atoms with van der Waals surface area (Å²) in [5.41, 5.74) is 2.11. The molecule has 0 saturated carbocycles. The summed E-state index contributed by atoms with van der Waals surface area (Å²) in [6.45, 7) is 3.22. The molecule has 2 amide bonds. The van der Waals surface area contributed by atoms with Crippen molar-refractivity contribution in [2.45, 2.75) is 13.8 Å². The van der Waals surface area contributed by atoms with E-state index >= 15 is 0 Å². The molecule has 0 fully saturated rings. The lowest BCUT2D eigenvalue weighted by Crippen LogP contribution is -2.37. The minimum Gasteiger partial charge on any atom is -0.324 e. The van der Waals surface area contributed by atoms with Crippen molar-refractivity contribution in [2.75, 3.05) is 16.8 Å². The van der Waals surface area contributed by atoms with Crippen LogP contribution in [0.3, 0.4) is 0 Å². The van der Waals surface area contributed by atoms with E-state index in [0.29, 0.717) is 21.4 Å². The van der Waals surface area contributed by atoms with Crippen molar-refractivity contribution in [3.8, 4) is 0 Å². The Bertz CT molecular complexity index is 727. The monoisotopic (exact) mass is 350 g/mol. The average molecular weight is 351 g/mol. The van der Waals surface area contributed by atoms with Gasteiger partial charge in [0.15, 0.2) is 0 Å². The number of carbonyl (C=O) groups is 2. The second-order valence-electron chi connectivity index (χ2n) is 5.10. The highest BCUT2D eigenvalue weighted by molar-refractivity contribution is 6.35. The van der Waals surface area contributed by atoms with E-state index in [1.54, 1.807) is 24.3 Å². The second kappa shape index (κ2) is 7.49. The Morgan fingerprint density at radius 2 is 1.70 bits per heavy atom. The SMILES string of the molecule is CC(=O)N(CC(=O)Nc1cc(Cl)cc(Cl)c1)c1ccccc1C. The van der Waals surface area contributed by atoms with Crippen molar-refractivity contribution in [2.24, 2.45) is 0 Å². The van der Waals surface area contributed by atoms with Crippen LogP contribution in [0.1, 0.15) is 12.5 Å². The van der Waals surface area contributed by atoms with Gasteiger partial charge >= 0.3 is 0 Å². The number of hydrogen-bond acceptors (Lipinski definition) is 2. The van der Waals surface area contributed by atoms with Crippen molar-refractivity contribution in [3.05, 3.63) is 58.1 Å². The molecular weight excluding hydrogens is 335 g/mol. The van der Waals surface area contributed by atoms with Gasteiger partial charge in [0, 0.05) is 28.3 Å². The lowest BCUT2D eigenvalue weighted by molar-refractivity contribution is -0.120. The lowest BCUT2D eigenvalue weighted by Gasteiger charge is -2.22. The second-order valence-corrected chi connectivity index (χ2v) is 5.97. The Hall–Kier alpha value is -2.04. The molecule has 2 aromatic rings. The minimum atomic E-state index is -0.332. The van der Waals surface area contributed by atoms with Gasteiger partial charge in [-0.15, -0.1) is 0 Å². The molecule has 0 aliphatic carbocycles. The van der Waals surface area contributed by atoms with Crippen molar-refractivity contribution >= 4 is 46.4 Å². The Kier molecular flexibility index (Phi) is 5.64. The summed E-state index contributed by atoms with van der Waals surface area (Å²) >= 11 is 11.8. The Labute approximate surface area is 145 Å². The van der Waals surface area contributed by atoms with Crippen LogP contribution in [0.25, 0.3) is 0 Å². The van der Waals surface area contributed by atoms with Gasteiger partial charge in [0.25, 0.3) is 0 Å². The number of rotatable bonds is 4. The summed E-state index contributed by atoms with van der Waals surface area (Å²) in [4.78, 5) is 25.6. The third-order valence-corrected chi connectivity index (χ3v) is 3.67. The van der Waals surface area contributed by atoms with E-state index in [1.807, 2.05) is 25.1 Å². The minimum absolute atomic E-state index is 0.0929. The van der Waals surface area contributed by atoms with E-state index in [4.69, 9.17) is 23.2 Å². The first-order valence-corrected chi connectivity index (χ1v) is 7.72. The third-order valence-electron chi connectivity index (χ3n) is 3.23. The number of aryl methyl sites for hydroxylation is 1. The van der Waals surface area contributed by atoms with E-state index < -0.39 is 0 Å². The number of hydrogen-bond donors (Lipinski definition) is 1. The molecule has 0 radical (unpaired) electrons. The highest BCUT2D eigenvalue weighted by Crippen LogP contribution is 2.23. The molecule has 6 heteroatoms. The maximum absolute atomic E-state index is 12.2. The summed E-state index contributed by atoms with van der Waals surface area (Å²) < 4.78 is 0. The molecule has 0 aliphatic rings. The number of anilines is 2. The Morgan fingerprint density at radius 3 is 2.26 bits per heavy atom. The zero-order valence-corrected chi connectivity index (χ0v) is 14.3. The van der Waals surface area contributed by atoms with Gasteiger partial charge < -0.3 is 10.2 Å². The number of halogens is 2. The quantitative estimate of drug-likeness (QED) is 0.893. The molecule has 2 rings (SSSR count). The number of carbonyl (C=O) groups excluding carboxylic acids is 2. The number of benzene rings is 2. The Balaban J connectivity index is 2.16. The summed E-state index contributed by atoms with van der Waals surface area (Å²) in [5.74, 6) is -0.541. The third kappa shape index (κ3) is 4.71. The molecule has 23 heavy (non-hydrogen) atoms. The summed E-state index contributed by atoms with van der Waals surface area (Å²) in [7, 11) is 0. The van der Waals surface area contributed by atoms with Crippen LogP contribution in [0.15, 0.2) is 42.5 Å². The predicted molar refractivity (Wildman–Crippen MR) is 94.3 cm³/mol. The summed E-state index contributed by atoms with van der Waals surface area (Å²) in [6, 6.07) is 12.2. The normalized spacial score (nSPS) is 10.3. The van der Waals surface area contributed by atoms with Crippen LogP contribution in [0.5, 0.6) is 0 Å². The summed E-state index contributed by atoms with van der Waals surface area (Å²) in [5, 5.41) is 3.55. The first kappa shape index (κ1) is 17.3. The highest BCUT2D eigenvalue weighted by atomic mass is 35.5. The van der Waals surface area contributed by atoms with Crippen LogP contribution in [0, 0.1) is 6.92 Å². The molecule has 0 aromatic heterocycles. The van der Waals surface area contributed by atoms with Crippen molar-refractivity contribution < 1.29 is 9.59 Å². The van der Waals surface area contributed by atoms with Gasteiger partial charge in [0.1, 0.15) is 6.54 Å². The standard InChI is InChI=1S/C17H16Cl2N2O2/c1-11-5-3-4-6-16(11)21(12(2)22)10-17(23)20-15-8-13(18)7-14(19)9-15/h3-9H,10H2,1-2H3,(H,20,23). The van der Waals surface area contributed by atoms with Crippen molar-refractivity contribution in [1.29, 1.82) is 0 Å². The van der Waals surface area contributed by atoms with Crippen LogP contribution in [0.4, 0.5) is 11.4 Å². The first-order chi connectivity index (χ1) is 10.9. The molecule has 0 spiro atoms. The van der Waals surface area contributed by atoms with Gasteiger partial charge in [-0.1, -0.05) is 41.4 Å². The van der Waals surface area contributed by atoms with Crippen molar-refractivity contribution in [3.63, 3.8) is 0 Å². The summed E-state index contributed by atoms with van der Waals surface area (Å²) in [6.07, 6.45) is 0. The Morgan fingerprint density at radius 1 is 1.09 bits per heavy atom. The molecule has 4 nitrogen and oxygen atoms in total. The van der Waals surface area contributed by atoms with E-state index in [2.05, 4.69) is 5.32 Å². The molecule has 120 valence electrons. The molecule has 0 bridgehead atoms. The zero-order valence-electron chi connectivity index (χ0n) is 12.8.